The summed E-state index contributed by atoms with van der Waals surface area (Å²) >= 11 is 1.81. The Morgan fingerprint density at radius 3 is 2.24 bits per heavy atom. The summed E-state index contributed by atoms with van der Waals surface area (Å²) < 4.78 is 0. The number of benzene rings is 1. The third kappa shape index (κ3) is 2.51. The molecule has 0 radical (unpaired) electrons. The Hall–Kier alpha value is -1.32. The highest BCUT2D eigenvalue weighted by Gasteiger charge is 2.19. The first-order chi connectivity index (χ1) is 8.09. The molecule has 0 aliphatic heterocycles. The fraction of sp³-hybridized carbons (Fsp3) is 0.286. The van der Waals surface area contributed by atoms with Gasteiger partial charge in [0.15, 0.2) is 0 Å². The van der Waals surface area contributed by atoms with Gasteiger partial charge in [0, 0.05) is 10.6 Å². The molecule has 1 heterocycles. The van der Waals surface area contributed by atoms with Gasteiger partial charge >= 0.3 is 0 Å². The van der Waals surface area contributed by atoms with Gasteiger partial charge in [0.2, 0.25) is 0 Å². The normalized spacial score (nSPS) is 12.9. The van der Waals surface area contributed by atoms with Gasteiger partial charge in [-0.1, -0.05) is 12.1 Å². The lowest BCUT2D eigenvalue weighted by Gasteiger charge is -2.24. The Bertz CT molecular complexity index is 485. The lowest BCUT2D eigenvalue weighted by molar-refractivity contribution is 0.345. The number of nitrogen functional groups attached to an aromatic ring is 1. The third-order valence-electron chi connectivity index (χ3n) is 2.92. The molecule has 1 aromatic carbocycles. The van der Waals surface area contributed by atoms with Crippen molar-refractivity contribution in [2.45, 2.75) is 13.0 Å². The Morgan fingerprint density at radius 2 is 1.76 bits per heavy atom. The van der Waals surface area contributed by atoms with Crippen LogP contribution in [0.4, 0.5) is 5.69 Å². The van der Waals surface area contributed by atoms with E-state index < -0.39 is 0 Å². The highest BCUT2D eigenvalue weighted by Crippen LogP contribution is 2.33. The van der Waals surface area contributed by atoms with E-state index in [0.717, 1.165) is 5.69 Å². The number of thiophene rings is 1. The second-order valence-electron chi connectivity index (χ2n) is 4.50. The molecule has 2 aromatic rings. The average Bonchev–Trinajstić information content (AvgIpc) is 2.68. The molecular weight excluding hydrogens is 228 g/mol. The van der Waals surface area contributed by atoms with E-state index in [9.17, 15) is 0 Å². The van der Waals surface area contributed by atoms with E-state index in [2.05, 4.69) is 49.5 Å². The van der Waals surface area contributed by atoms with Crippen LogP contribution in [0.5, 0.6) is 0 Å². The predicted octanol–water partition coefficient (Wildman–Crippen LogP) is 3.29. The lowest BCUT2D eigenvalue weighted by Crippen LogP contribution is -2.20. The van der Waals surface area contributed by atoms with E-state index >= 15 is 0 Å². The second kappa shape index (κ2) is 4.90. The fourth-order valence-electron chi connectivity index (χ4n) is 2.03. The quantitative estimate of drug-likeness (QED) is 0.842. The molecule has 0 aliphatic carbocycles. The van der Waals surface area contributed by atoms with E-state index in [4.69, 9.17) is 5.73 Å². The molecule has 3 heteroatoms. The Labute approximate surface area is 107 Å². The maximum atomic E-state index is 5.74. The van der Waals surface area contributed by atoms with Crippen molar-refractivity contribution in [3.05, 3.63) is 51.7 Å². The summed E-state index contributed by atoms with van der Waals surface area (Å²) in [7, 11) is 4.22. The Balaban J connectivity index is 2.43. The van der Waals surface area contributed by atoms with E-state index in [1.54, 1.807) is 0 Å². The molecule has 1 unspecified atom stereocenters. The zero-order chi connectivity index (χ0) is 12.4. The minimum atomic E-state index is 0.315. The van der Waals surface area contributed by atoms with Gasteiger partial charge in [-0.3, -0.25) is 4.90 Å². The molecule has 0 fully saturated rings. The van der Waals surface area contributed by atoms with Crippen molar-refractivity contribution < 1.29 is 0 Å². The zero-order valence-corrected chi connectivity index (χ0v) is 11.3. The van der Waals surface area contributed by atoms with Gasteiger partial charge in [-0.25, -0.2) is 0 Å². The first-order valence-corrected chi connectivity index (χ1v) is 6.53. The van der Waals surface area contributed by atoms with Crippen molar-refractivity contribution in [3.63, 3.8) is 0 Å². The molecular formula is C14H18N2S. The van der Waals surface area contributed by atoms with Crippen LogP contribution >= 0.6 is 11.3 Å². The van der Waals surface area contributed by atoms with Crippen LogP contribution in [-0.4, -0.2) is 19.0 Å². The van der Waals surface area contributed by atoms with Crippen molar-refractivity contribution in [2.24, 2.45) is 0 Å². The summed E-state index contributed by atoms with van der Waals surface area (Å²) in [4.78, 5) is 3.64. The Kier molecular flexibility index (Phi) is 3.50. The van der Waals surface area contributed by atoms with Gasteiger partial charge in [0.25, 0.3) is 0 Å². The molecule has 0 aliphatic rings. The van der Waals surface area contributed by atoms with Crippen LogP contribution in [0.2, 0.25) is 0 Å². The van der Waals surface area contributed by atoms with Crippen LogP contribution < -0.4 is 5.73 Å². The topological polar surface area (TPSA) is 29.3 Å². The van der Waals surface area contributed by atoms with E-state index in [0.29, 0.717) is 6.04 Å². The lowest BCUT2D eigenvalue weighted by atomic mass is 10.0. The molecule has 1 aromatic heterocycles. The van der Waals surface area contributed by atoms with E-state index in [1.165, 1.54) is 16.0 Å². The van der Waals surface area contributed by atoms with Crippen LogP contribution in [-0.2, 0) is 0 Å². The fourth-order valence-corrected chi connectivity index (χ4v) is 3.18. The van der Waals surface area contributed by atoms with Gasteiger partial charge in [0.05, 0.1) is 6.04 Å². The minimum absolute atomic E-state index is 0.315. The SMILES string of the molecule is Cc1ccsc1C(c1ccc(N)cc1)N(C)C. The second-order valence-corrected chi connectivity index (χ2v) is 5.45. The number of rotatable bonds is 3. The van der Waals surface area contributed by atoms with Gasteiger partial charge < -0.3 is 5.73 Å². The minimum Gasteiger partial charge on any atom is -0.399 e. The van der Waals surface area contributed by atoms with Crippen LogP contribution in [0, 0.1) is 6.92 Å². The highest BCUT2D eigenvalue weighted by molar-refractivity contribution is 7.10. The third-order valence-corrected chi connectivity index (χ3v) is 3.99. The molecule has 2 N–H and O–H groups in total. The summed E-state index contributed by atoms with van der Waals surface area (Å²) in [5.41, 5.74) is 9.19. The van der Waals surface area contributed by atoms with Crippen molar-refractivity contribution in [2.75, 3.05) is 19.8 Å². The van der Waals surface area contributed by atoms with Crippen molar-refractivity contribution in [1.29, 1.82) is 0 Å². The van der Waals surface area contributed by atoms with Gasteiger partial charge in [-0.15, -0.1) is 11.3 Å². The number of hydrogen-bond donors (Lipinski definition) is 1. The monoisotopic (exact) mass is 246 g/mol. The van der Waals surface area contributed by atoms with Crippen LogP contribution in [0.1, 0.15) is 22.0 Å². The molecule has 1 atom stereocenters. The first-order valence-electron chi connectivity index (χ1n) is 5.65. The molecule has 2 rings (SSSR count). The summed E-state index contributed by atoms with van der Waals surface area (Å²) in [6.45, 7) is 2.17. The highest BCUT2D eigenvalue weighted by atomic mass is 32.1. The molecule has 0 bridgehead atoms. The van der Waals surface area contributed by atoms with Crippen LogP contribution in [0.25, 0.3) is 0 Å². The van der Waals surface area contributed by atoms with Crippen molar-refractivity contribution >= 4 is 17.0 Å². The molecule has 17 heavy (non-hydrogen) atoms. The Morgan fingerprint density at radius 1 is 1.12 bits per heavy atom. The summed E-state index contributed by atoms with van der Waals surface area (Å²) in [5.74, 6) is 0. The summed E-state index contributed by atoms with van der Waals surface area (Å²) in [6.07, 6.45) is 0. The largest absolute Gasteiger partial charge is 0.399 e. The number of nitrogens with two attached hydrogens (primary N) is 1. The van der Waals surface area contributed by atoms with Gasteiger partial charge in [-0.05, 0) is 55.7 Å². The van der Waals surface area contributed by atoms with Crippen LogP contribution in [0.3, 0.4) is 0 Å². The molecule has 0 spiro atoms. The van der Waals surface area contributed by atoms with Crippen molar-refractivity contribution in [3.8, 4) is 0 Å². The molecule has 0 saturated carbocycles. The number of anilines is 1. The smallest absolute Gasteiger partial charge is 0.0693 e. The van der Waals surface area contributed by atoms with E-state index in [-0.39, 0.29) is 0 Å². The van der Waals surface area contributed by atoms with Crippen LogP contribution in [0.15, 0.2) is 35.7 Å². The van der Waals surface area contributed by atoms with Gasteiger partial charge in [0.1, 0.15) is 0 Å². The molecule has 90 valence electrons. The number of nitrogens with zero attached hydrogens (tertiary/aromatic N) is 1. The molecule has 2 nitrogen and oxygen atoms in total. The maximum Gasteiger partial charge on any atom is 0.0693 e. The number of hydrogen-bond acceptors (Lipinski definition) is 3. The average molecular weight is 246 g/mol. The standard InChI is InChI=1S/C14H18N2S/c1-10-8-9-17-14(10)13(16(2)3)11-4-6-12(15)7-5-11/h4-9,13H,15H2,1-3H3. The van der Waals surface area contributed by atoms with Gasteiger partial charge in [-0.2, -0.15) is 0 Å². The molecule has 0 saturated heterocycles. The summed E-state index contributed by atoms with van der Waals surface area (Å²) in [6, 6.07) is 10.6. The first kappa shape index (κ1) is 12.1. The maximum absolute atomic E-state index is 5.74. The molecule has 0 amide bonds. The van der Waals surface area contributed by atoms with E-state index in [1.807, 2.05) is 23.5 Å². The van der Waals surface area contributed by atoms with Crippen molar-refractivity contribution in [1.82, 2.24) is 4.90 Å². The zero-order valence-electron chi connectivity index (χ0n) is 10.5. The summed E-state index contributed by atoms with van der Waals surface area (Å²) in [5, 5.41) is 2.15. The predicted molar refractivity (Wildman–Crippen MR) is 75.4 cm³/mol. The number of aryl methyl sites for hydroxylation is 1.